The molecule has 118 valence electrons. The average molecular weight is 293 g/mol. The first-order valence-electron chi connectivity index (χ1n) is 8.32. The molecule has 1 aliphatic rings. The van der Waals surface area contributed by atoms with Crippen molar-refractivity contribution in [3.8, 4) is 0 Å². The van der Waals surface area contributed by atoms with E-state index in [1.165, 1.54) is 19.3 Å². The summed E-state index contributed by atoms with van der Waals surface area (Å²) in [7, 11) is 0. The maximum Gasteiger partial charge on any atom is 0.128 e. The van der Waals surface area contributed by atoms with Crippen molar-refractivity contribution in [3.63, 3.8) is 0 Å². The molecule has 0 radical (unpaired) electrons. The molecular formula is C18H28FNO. The van der Waals surface area contributed by atoms with Crippen LogP contribution >= 0.6 is 0 Å². The van der Waals surface area contributed by atoms with Crippen LogP contribution in [0.5, 0.6) is 0 Å². The van der Waals surface area contributed by atoms with Crippen molar-refractivity contribution in [3.05, 3.63) is 35.1 Å². The molecule has 2 unspecified atom stereocenters. The van der Waals surface area contributed by atoms with Crippen molar-refractivity contribution < 1.29 is 9.13 Å². The van der Waals surface area contributed by atoms with Gasteiger partial charge in [0.25, 0.3) is 0 Å². The monoisotopic (exact) mass is 293 g/mol. The molecule has 0 bridgehead atoms. The summed E-state index contributed by atoms with van der Waals surface area (Å²) in [5, 5.41) is 3.27. The zero-order valence-corrected chi connectivity index (χ0v) is 13.3. The van der Waals surface area contributed by atoms with E-state index in [4.69, 9.17) is 4.74 Å². The van der Waals surface area contributed by atoms with Crippen LogP contribution in [-0.2, 0) is 17.9 Å². The zero-order chi connectivity index (χ0) is 15.1. The number of rotatable bonds is 7. The number of hydrogen-bond donors (Lipinski definition) is 1. The summed E-state index contributed by atoms with van der Waals surface area (Å²) in [6, 6.07) is 5.33. The lowest BCUT2D eigenvalue weighted by Crippen LogP contribution is -2.22. The van der Waals surface area contributed by atoms with Gasteiger partial charge in [0.05, 0.1) is 12.7 Å². The van der Waals surface area contributed by atoms with Gasteiger partial charge in [0.1, 0.15) is 5.82 Å². The summed E-state index contributed by atoms with van der Waals surface area (Å²) in [5.74, 6) is 0.631. The smallest absolute Gasteiger partial charge is 0.128 e. The van der Waals surface area contributed by atoms with E-state index in [0.717, 1.165) is 37.4 Å². The molecule has 0 spiro atoms. The third kappa shape index (κ3) is 5.08. The molecule has 0 heterocycles. The van der Waals surface area contributed by atoms with Crippen LogP contribution in [0.3, 0.4) is 0 Å². The molecular weight excluding hydrogens is 265 g/mol. The van der Waals surface area contributed by atoms with Gasteiger partial charge < -0.3 is 10.1 Å². The van der Waals surface area contributed by atoms with Crippen molar-refractivity contribution in [1.82, 2.24) is 5.32 Å². The quantitative estimate of drug-likeness (QED) is 0.803. The fourth-order valence-corrected chi connectivity index (χ4v) is 3.09. The van der Waals surface area contributed by atoms with E-state index in [0.29, 0.717) is 18.3 Å². The minimum atomic E-state index is -0.155. The Bertz CT molecular complexity index is 435. The second-order valence-corrected chi connectivity index (χ2v) is 6.08. The highest BCUT2D eigenvalue weighted by molar-refractivity contribution is 5.24. The Labute approximate surface area is 128 Å². The van der Waals surface area contributed by atoms with E-state index < -0.39 is 0 Å². The van der Waals surface area contributed by atoms with Gasteiger partial charge in [-0.1, -0.05) is 39.2 Å². The molecule has 0 aliphatic heterocycles. The average Bonchev–Trinajstić information content (AvgIpc) is 2.53. The van der Waals surface area contributed by atoms with Crippen LogP contribution in [-0.4, -0.2) is 12.6 Å². The molecule has 2 nitrogen and oxygen atoms in total. The number of halogens is 1. The van der Waals surface area contributed by atoms with E-state index in [-0.39, 0.29) is 5.82 Å². The maximum atomic E-state index is 13.9. The fraction of sp³-hybridized carbons (Fsp3) is 0.667. The van der Waals surface area contributed by atoms with Crippen molar-refractivity contribution >= 4 is 0 Å². The normalized spacial score (nSPS) is 22.4. The molecule has 1 fully saturated rings. The number of ether oxygens (including phenoxy) is 1. The van der Waals surface area contributed by atoms with E-state index in [1.807, 2.05) is 12.1 Å². The van der Waals surface area contributed by atoms with Gasteiger partial charge in [-0.05, 0) is 43.0 Å². The number of hydrogen-bond acceptors (Lipinski definition) is 2. The van der Waals surface area contributed by atoms with Gasteiger partial charge in [-0.15, -0.1) is 0 Å². The summed E-state index contributed by atoms with van der Waals surface area (Å²) in [6.45, 7) is 6.42. The first-order valence-corrected chi connectivity index (χ1v) is 8.32. The van der Waals surface area contributed by atoms with Crippen LogP contribution < -0.4 is 5.32 Å². The lowest BCUT2D eigenvalue weighted by Gasteiger charge is -2.28. The molecule has 2 rings (SSSR count). The fourth-order valence-electron chi connectivity index (χ4n) is 3.09. The largest absolute Gasteiger partial charge is 0.373 e. The predicted octanol–water partition coefficient (Wildman–Crippen LogP) is 4.42. The summed E-state index contributed by atoms with van der Waals surface area (Å²) in [6.07, 6.45) is 6.35. The zero-order valence-electron chi connectivity index (χ0n) is 13.3. The molecule has 2 atom stereocenters. The topological polar surface area (TPSA) is 21.3 Å². The molecule has 1 N–H and O–H groups in total. The SMILES string of the molecule is CCNCc1ccc(F)c(COC2CCCC(CC)C2)c1. The molecule has 21 heavy (non-hydrogen) atoms. The Morgan fingerprint density at radius 2 is 2.14 bits per heavy atom. The Hall–Kier alpha value is -0.930. The number of nitrogens with one attached hydrogen (secondary N) is 1. The van der Waals surface area contributed by atoms with Crippen molar-refractivity contribution in [2.24, 2.45) is 5.92 Å². The number of benzene rings is 1. The lowest BCUT2D eigenvalue weighted by molar-refractivity contribution is 0.000635. The van der Waals surface area contributed by atoms with Crippen LogP contribution in [0.1, 0.15) is 57.1 Å². The van der Waals surface area contributed by atoms with Gasteiger partial charge in [-0.25, -0.2) is 4.39 Å². The van der Waals surface area contributed by atoms with E-state index >= 15 is 0 Å². The van der Waals surface area contributed by atoms with Crippen molar-refractivity contribution in [1.29, 1.82) is 0 Å². The van der Waals surface area contributed by atoms with Crippen LogP contribution in [0.2, 0.25) is 0 Å². The molecule has 0 saturated heterocycles. The van der Waals surface area contributed by atoms with Gasteiger partial charge in [-0.3, -0.25) is 0 Å². The van der Waals surface area contributed by atoms with Crippen molar-refractivity contribution in [2.75, 3.05) is 6.54 Å². The maximum absolute atomic E-state index is 13.9. The standard InChI is InChI=1S/C18H28FNO/c1-3-14-6-5-7-17(11-14)21-13-16-10-15(12-20-4-2)8-9-18(16)19/h8-10,14,17,20H,3-7,11-13H2,1-2H3. The van der Waals surface area contributed by atoms with Gasteiger partial charge in [0.2, 0.25) is 0 Å². The van der Waals surface area contributed by atoms with Crippen LogP contribution in [0.15, 0.2) is 18.2 Å². The highest BCUT2D eigenvalue weighted by Gasteiger charge is 2.21. The van der Waals surface area contributed by atoms with E-state index in [2.05, 4.69) is 19.2 Å². The molecule has 1 aliphatic carbocycles. The highest BCUT2D eigenvalue weighted by atomic mass is 19.1. The lowest BCUT2D eigenvalue weighted by atomic mass is 9.85. The van der Waals surface area contributed by atoms with Crippen LogP contribution in [0.25, 0.3) is 0 Å². The second kappa shape index (κ2) is 8.50. The summed E-state index contributed by atoms with van der Waals surface area (Å²) < 4.78 is 19.9. The molecule has 1 aromatic rings. The first kappa shape index (κ1) is 16.4. The second-order valence-electron chi connectivity index (χ2n) is 6.08. The summed E-state index contributed by atoms with van der Waals surface area (Å²) >= 11 is 0. The highest BCUT2D eigenvalue weighted by Crippen LogP contribution is 2.29. The minimum absolute atomic E-state index is 0.155. The third-order valence-electron chi connectivity index (χ3n) is 4.48. The molecule has 1 saturated carbocycles. The minimum Gasteiger partial charge on any atom is -0.373 e. The van der Waals surface area contributed by atoms with Crippen molar-refractivity contribution in [2.45, 2.75) is 65.2 Å². The Balaban J connectivity index is 1.89. The van der Waals surface area contributed by atoms with Crippen LogP contribution in [0, 0.1) is 11.7 Å². The Kier molecular flexibility index (Phi) is 6.65. The van der Waals surface area contributed by atoms with Gasteiger partial charge in [0, 0.05) is 12.1 Å². The predicted molar refractivity (Wildman–Crippen MR) is 84.6 cm³/mol. The van der Waals surface area contributed by atoms with Gasteiger partial charge in [0.15, 0.2) is 0 Å². The summed E-state index contributed by atoms with van der Waals surface area (Å²) in [4.78, 5) is 0. The Morgan fingerprint density at radius 3 is 2.90 bits per heavy atom. The first-order chi connectivity index (χ1) is 10.2. The van der Waals surface area contributed by atoms with Crippen LogP contribution in [0.4, 0.5) is 4.39 Å². The van der Waals surface area contributed by atoms with E-state index in [9.17, 15) is 4.39 Å². The Morgan fingerprint density at radius 1 is 1.29 bits per heavy atom. The molecule has 1 aromatic carbocycles. The van der Waals surface area contributed by atoms with Gasteiger partial charge in [-0.2, -0.15) is 0 Å². The van der Waals surface area contributed by atoms with Gasteiger partial charge >= 0.3 is 0 Å². The molecule has 0 aromatic heterocycles. The summed E-state index contributed by atoms with van der Waals surface area (Å²) in [5.41, 5.74) is 1.80. The third-order valence-corrected chi connectivity index (χ3v) is 4.48. The van der Waals surface area contributed by atoms with E-state index in [1.54, 1.807) is 6.07 Å². The molecule has 3 heteroatoms. The molecule has 0 amide bonds.